The average molecular weight is 881 g/mol. The second-order valence-electron chi connectivity index (χ2n) is 18.2. The van der Waals surface area contributed by atoms with Gasteiger partial charge in [0.05, 0.1) is 27.6 Å². The normalized spacial score (nSPS) is 12.8. The fourth-order valence-corrected chi connectivity index (χ4v) is 11.6. The van der Waals surface area contributed by atoms with Crippen molar-refractivity contribution in [1.82, 2.24) is 18.5 Å². The molecule has 0 aliphatic carbocycles. The summed E-state index contributed by atoms with van der Waals surface area (Å²) in [5, 5.41) is 2.35. The minimum Gasteiger partial charge on any atom is -0.459 e. The summed E-state index contributed by atoms with van der Waals surface area (Å²) in [4.78, 5) is 5.60. The molecule has 0 saturated heterocycles. The van der Waals surface area contributed by atoms with Crippen LogP contribution >= 0.6 is 0 Å². The number of fused-ring (bicyclic) bond motifs is 14. The van der Waals surface area contributed by atoms with E-state index in [9.17, 15) is 0 Å². The zero-order chi connectivity index (χ0) is 45.2. The predicted molar refractivity (Wildman–Crippen MR) is 285 cm³/mol. The summed E-state index contributed by atoms with van der Waals surface area (Å²) >= 11 is 0. The van der Waals surface area contributed by atoms with E-state index in [2.05, 4.69) is 244 Å². The molecule has 0 radical (unpaired) electrons. The van der Waals surface area contributed by atoms with Crippen molar-refractivity contribution in [2.24, 2.45) is 0 Å². The Morgan fingerprint density at radius 1 is 0.391 bits per heavy atom. The van der Waals surface area contributed by atoms with Crippen molar-refractivity contribution < 1.29 is 9.47 Å². The van der Waals surface area contributed by atoms with Crippen molar-refractivity contribution in [2.45, 2.75) is 0 Å². The number of rotatable bonds is 5. The van der Waals surface area contributed by atoms with Crippen molar-refractivity contribution in [3.63, 3.8) is 0 Å². The van der Waals surface area contributed by atoms with Crippen LogP contribution in [0.2, 0.25) is 0 Å². The molecule has 0 unspecified atom stereocenters. The van der Waals surface area contributed by atoms with E-state index in [1.165, 1.54) is 22.0 Å². The summed E-state index contributed by atoms with van der Waals surface area (Å²) in [6.45, 7) is -0.298. The molecule has 2 aliphatic rings. The molecule has 0 fully saturated rings. The monoisotopic (exact) mass is 880 g/mol. The van der Waals surface area contributed by atoms with Crippen molar-refractivity contribution in [3.8, 4) is 45.5 Å². The van der Waals surface area contributed by atoms with Gasteiger partial charge in [0.25, 0.3) is 13.4 Å². The van der Waals surface area contributed by atoms with E-state index < -0.39 is 0 Å². The number of benzene rings is 10. The smallest absolute Gasteiger partial charge is 0.256 e. The van der Waals surface area contributed by atoms with Gasteiger partial charge in [0.15, 0.2) is 0 Å². The third-order valence-corrected chi connectivity index (χ3v) is 14.5. The third-order valence-electron chi connectivity index (χ3n) is 14.5. The Hall–Kier alpha value is -9.00. The van der Waals surface area contributed by atoms with Crippen molar-refractivity contribution >= 4 is 95.9 Å². The van der Waals surface area contributed by atoms with Gasteiger partial charge in [-0.25, -0.2) is 4.98 Å². The molecule has 3 aromatic heterocycles. The molecule has 8 heteroatoms. The van der Waals surface area contributed by atoms with Gasteiger partial charge in [-0.05, 0) is 100 Å². The maximum atomic E-state index is 7.20. The maximum Gasteiger partial charge on any atom is 0.256 e. The summed E-state index contributed by atoms with van der Waals surface area (Å²) in [5.74, 6) is 4.24. The molecule has 0 saturated carbocycles. The maximum absolute atomic E-state index is 7.20. The van der Waals surface area contributed by atoms with E-state index in [-0.39, 0.29) is 13.4 Å². The van der Waals surface area contributed by atoms with Gasteiger partial charge < -0.3 is 14.0 Å². The highest BCUT2D eigenvalue weighted by Crippen LogP contribution is 2.39. The minimum absolute atomic E-state index is 0.141. The molecular formula is C61H38B2N4O2. The fourth-order valence-electron chi connectivity index (χ4n) is 11.6. The summed E-state index contributed by atoms with van der Waals surface area (Å²) in [7, 11) is 0. The van der Waals surface area contributed by atoms with Gasteiger partial charge in [-0.1, -0.05) is 169 Å². The number of aromatic nitrogens is 4. The highest BCUT2D eigenvalue weighted by molar-refractivity contribution is 7.01. The van der Waals surface area contributed by atoms with E-state index in [0.717, 1.165) is 106 Å². The van der Waals surface area contributed by atoms with E-state index in [4.69, 9.17) is 14.5 Å². The lowest BCUT2D eigenvalue weighted by molar-refractivity contribution is 0.469. The highest BCUT2D eigenvalue weighted by Gasteiger charge is 2.42. The molecular weight excluding hydrogens is 842 g/mol. The molecule has 10 aromatic carbocycles. The Labute approximate surface area is 398 Å². The Kier molecular flexibility index (Phi) is 8.15. The lowest BCUT2D eigenvalue weighted by Gasteiger charge is -2.34. The fraction of sp³-hybridized carbons (Fsp3) is 0. The number of ether oxygens (including phenoxy) is 2. The van der Waals surface area contributed by atoms with Crippen LogP contribution in [0.1, 0.15) is 0 Å². The van der Waals surface area contributed by atoms with Crippen LogP contribution in [0, 0.1) is 0 Å². The molecule has 69 heavy (non-hydrogen) atoms. The van der Waals surface area contributed by atoms with Gasteiger partial charge in [0, 0.05) is 27.6 Å². The van der Waals surface area contributed by atoms with E-state index in [1.54, 1.807) is 0 Å². The zero-order valence-electron chi connectivity index (χ0n) is 37.2. The largest absolute Gasteiger partial charge is 0.459 e. The molecule has 5 heterocycles. The van der Waals surface area contributed by atoms with Crippen LogP contribution in [0.3, 0.4) is 0 Å². The zero-order valence-corrected chi connectivity index (χ0v) is 37.2. The van der Waals surface area contributed by atoms with Crippen LogP contribution in [0.25, 0.3) is 72.2 Å². The second-order valence-corrected chi connectivity index (χ2v) is 18.2. The molecule has 0 N–H and O–H groups in total. The topological polar surface area (TPSA) is 45.6 Å². The van der Waals surface area contributed by atoms with E-state index in [0.29, 0.717) is 0 Å². The first-order valence-corrected chi connectivity index (χ1v) is 23.6. The third kappa shape index (κ3) is 5.54. The van der Waals surface area contributed by atoms with Crippen molar-refractivity contribution in [3.05, 3.63) is 231 Å². The lowest BCUT2D eigenvalue weighted by Crippen LogP contribution is -2.60. The first-order valence-electron chi connectivity index (χ1n) is 23.6. The van der Waals surface area contributed by atoms with Crippen molar-refractivity contribution in [2.75, 3.05) is 0 Å². The lowest BCUT2D eigenvalue weighted by atomic mass is 9.31. The molecule has 0 atom stereocenters. The molecule has 2 aliphatic heterocycles. The average Bonchev–Trinajstić information content (AvgIpc) is 4.07. The van der Waals surface area contributed by atoms with Gasteiger partial charge in [0.1, 0.15) is 28.5 Å². The van der Waals surface area contributed by atoms with Crippen LogP contribution in [0.4, 0.5) is 0 Å². The van der Waals surface area contributed by atoms with Gasteiger partial charge >= 0.3 is 0 Å². The number of imidazole rings is 2. The van der Waals surface area contributed by atoms with Crippen molar-refractivity contribution in [1.29, 1.82) is 0 Å². The van der Waals surface area contributed by atoms with Crippen LogP contribution in [-0.4, -0.2) is 31.9 Å². The molecule has 0 spiro atoms. The summed E-state index contributed by atoms with van der Waals surface area (Å²) in [6.07, 6.45) is 0. The summed E-state index contributed by atoms with van der Waals surface area (Å²) < 4.78 is 21.1. The first-order chi connectivity index (χ1) is 34.3. The number of hydrogen-bond donors (Lipinski definition) is 0. The van der Waals surface area contributed by atoms with Crippen LogP contribution < -0.4 is 42.3 Å². The quantitative estimate of drug-likeness (QED) is 0.162. The van der Waals surface area contributed by atoms with Gasteiger partial charge in [-0.2, -0.15) is 0 Å². The minimum atomic E-state index is -0.158. The number of para-hydroxylation sites is 6. The Morgan fingerprint density at radius 3 is 1.87 bits per heavy atom. The van der Waals surface area contributed by atoms with Crippen LogP contribution in [-0.2, 0) is 0 Å². The first kappa shape index (κ1) is 38.1. The molecule has 0 amide bonds. The predicted octanol–water partition coefficient (Wildman–Crippen LogP) is 10.4. The van der Waals surface area contributed by atoms with Crippen LogP contribution in [0.5, 0.6) is 23.0 Å². The van der Waals surface area contributed by atoms with Crippen LogP contribution in [0.15, 0.2) is 231 Å². The summed E-state index contributed by atoms with van der Waals surface area (Å²) in [5.41, 5.74) is 17.7. The van der Waals surface area contributed by atoms with E-state index in [1.807, 2.05) is 0 Å². The second kappa shape index (κ2) is 14.7. The highest BCUT2D eigenvalue weighted by atomic mass is 16.5. The number of hydrogen-bond acceptors (Lipinski definition) is 3. The molecule has 6 nitrogen and oxygen atoms in total. The molecule has 15 rings (SSSR count). The van der Waals surface area contributed by atoms with Gasteiger partial charge in [-0.15, -0.1) is 0 Å². The van der Waals surface area contributed by atoms with E-state index >= 15 is 0 Å². The van der Waals surface area contributed by atoms with Gasteiger partial charge in [-0.3, -0.25) is 8.97 Å². The molecule has 0 bridgehead atoms. The Morgan fingerprint density at radius 2 is 1.04 bits per heavy atom. The SMILES string of the molecule is c1ccc(-c2ccccc2B2c3ccccc3Oc3ccc4c(c32)Oc2ccccc2B4c2cccc(-n3c4ccccc4c4ccc5c(nc6n(-c7ccccc7)c7ccccc7n56)c43)c2)cc1. The standard InChI is InChI=1S/C61H38B2N4O2/c1-3-18-39(19-4-1)43-24-7-9-26-46(43)63-48-28-11-15-32-54(48)68-56-37-35-49-60(57(56)63)69-55-33-16-10-27-47(55)62(49)40-20-17-23-42(38-40)65-50-29-12-8-25-44(50)45-34-36-53-58(59(45)65)64-61-66(41-21-5-2-6-22-41)51-30-13-14-31-52(51)67(53)61/h1-38H. The Balaban J connectivity index is 0.958. The van der Waals surface area contributed by atoms with Gasteiger partial charge in [0.2, 0.25) is 5.78 Å². The Bertz CT molecular complexity index is 4230. The molecule has 320 valence electrons. The molecule has 13 aromatic rings. The number of nitrogens with zero attached hydrogens (tertiary/aromatic N) is 4. The summed E-state index contributed by atoms with van der Waals surface area (Å²) in [6, 6.07) is 82.4.